The summed E-state index contributed by atoms with van der Waals surface area (Å²) in [6.45, 7) is 17.9. The highest BCUT2D eigenvalue weighted by molar-refractivity contribution is 7.93. The predicted molar refractivity (Wildman–Crippen MR) is 307 cm³/mol. The molecule has 2 aliphatic carbocycles. The first-order valence-electron chi connectivity index (χ1n) is 27.0. The Bertz CT molecular complexity index is 3320. The number of hydrogen-bond donors (Lipinski definition) is 0. The molecule has 0 bridgehead atoms. The highest BCUT2D eigenvalue weighted by atomic mass is 35.5. The van der Waals surface area contributed by atoms with Gasteiger partial charge in [0.1, 0.15) is 56.2 Å². The molecule has 2 aliphatic heterocycles. The molecule has 2 aromatic heterocycles. The van der Waals surface area contributed by atoms with E-state index in [9.17, 15) is 52.8 Å². The summed E-state index contributed by atoms with van der Waals surface area (Å²) in [7, 11) is -15.5. The van der Waals surface area contributed by atoms with Gasteiger partial charge in [-0.1, -0.05) is 49.2 Å². The van der Waals surface area contributed by atoms with Crippen LogP contribution in [0.5, 0.6) is 11.5 Å². The molecule has 0 N–H and O–H groups in total. The van der Waals surface area contributed by atoms with Gasteiger partial charge in [-0.15, -0.1) is 0 Å². The van der Waals surface area contributed by atoms with Crippen LogP contribution in [0, 0.1) is 11.8 Å². The van der Waals surface area contributed by atoms with Crippen molar-refractivity contribution >= 4 is 97.8 Å². The summed E-state index contributed by atoms with van der Waals surface area (Å²) in [5.41, 5.74) is 0.0863. The van der Waals surface area contributed by atoms with Gasteiger partial charge in [-0.3, -0.25) is 37.2 Å². The molecule has 2 fully saturated rings. The van der Waals surface area contributed by atoms with Crippen molar-refractivity contribution in [2.24, 2.45) is 11.8 Å². The average Bonchev–Trinajstić information content (AvgIpc) is 2.37. The van der Waals surface area contributed by atoms with Gasteiger partial charge in [0, 0.05) is 37.3 Å². The summed E-state index contributed by atoms with van der Waals surface area (Å²) < 4.78 is 133. The van der Waals surface area contributed by atoms with Gasteiger partial charge in [0.05, 0.1) is 47.8 Å². The van der Waals surface area contributed by atoms with E-state index in [1.54, 1.807) is 106 Å². The Morgan fingerprint density at radius 3 is 1.23 bits per heavy atom. The second-order valence-electron chi connectivity index (χ2n) is 23.2. The minimum absolute atomic E-state index is 0.0859. The van der Waals surface area contributed by atoms with Gasteiger partial charge < -0.3 is 18.9 Å². The lowest BCUT2D eigenvalue weighted by Crippen LogP contribution is -2.45. The molecule has 0 unspecified atom stereocenters. The van der Waals surface area contributed by atoms with E-state index >= 15 is 0 Å². The van der Waals surface area contributed by atoms with Crippen LogP contribution in [0.25, 0.3) is 0 Å². The van der Waals surface area contributed by atoms with E-state index in [-0.39, 0.29) is 81.7 Å². The number of anilines is 2. The minimum Gasteiger partial charge on any atom is -0.486 e. The summed E-state index contributed by atoms with van der Waals surface area (Å²) in [5, 5.41) is 6.87. The molecule has 22 nitrogen and oxygen atoms in total. The maximum atomic E-state index is 14.0. The smallest absolute Gasteiger partial charge is 0.310 e. The first kappa shape index (κ1) is 64.3. The fraction of sp³-hybridized carbons (Fsp3) is 0.593. The van der Waals surface area contributed by atoms with Crippen molar-refractivity contribution in [2.45, 2.75) is 177 Å². The molecular weight excluding hydrogens is 1190 g/mol. The minimum atomic E-state index is -4.25. The third-order valence-corrected chi connectivity index (χ3v) is 22.4. The molecule has 0 radical (unpaired) electrons. The van der Waals surface area contributed by atoms with E-state index in [1.807, 2.05) is 0 Å². The van der Waals surface area contributed by atoms with Crippen LogP contribution >= 0.6 is 23.2 Å². The molecule has 0 amide bonds. The number of halogens is 2. The average molecular weight is 1260 g/mol. The highest BCUT2D eigenvalue weighted by Crippen LogP contribution is 2.42. The molecule has 4 heterocycles. The molecule has 28 heteroatoms. The number of ketones is 2. The topological polar surface area (TPSA) is 284 Å². The molecule has 4 aliphatic rings. The number of benzene rings is 2. The van der Waals surface area contributed by atoms with Gasteiger partial charge in [0.15, 0.2) is 41.5 Å². The number of ether oxygens (including phenoxy) is 4. The Hall–Kier alpha value is -5.28. The molecule has 8 rings (SSSR count). The zero-order valence-corrected chi connectivity index (χ0v) is 52.4. The Morgan fingerprint density at radius 1 is 0.598 bits per heavy atom. The van der Waals surface area contributed by atoms with Crippen LogP contribution in [0.1, 0.15) is 119 Å². The summed E-state index contributed by atoms with van der Waals surface area (Å²) in [6.07, 6.45) is 3.53. The SMILES string of the molecule is CCn1cc(S(=O)(=O)N2C[C@H](C[C@@H](C)C(=O)CS(=O)(=O)C3CC3)Oc3ccc(CC(=O)OC(C)(C)C)cc32)c(Cl)n1.CCn1cc(S(=O)(=O)N2C[C@H](C[C@H](C)C(=O)CS(=O)(=O)C3CC3)Oc3ccc(CC(=O)OC(C)(C)C)cc32)c(Cl)n1. The van der Waals surface area contributed by atoms with Crippen molar-refractivity contribution in [3.8, 4) is 11.5 Å². The number of hydrogen-bond acceptors (Lipinski definition) is 18. The summed E-state index contributed by atoms with van der Waals surface area (Å²) in [6, 6.07) is 9.56. The van der Waals surface area contributed by atoms with Gasteiger partial charge >= 0.3 is 11.9 Å². The Balaban J connectivity index is 0.000000236. The van der Waals surface area contributed by atoms with E-state index in [2.05, 4.69) is 10.2 Å². The summed E-state index contributed by atoms with van der Waals surface area (Å²) in [4.78, 5) is 50.2. The van der Waals surface area contributed by atoms with E-state index in [1.165, 1.54) is 21.8 Å². The first-order valence-corrected chi connectivity index (χ1v) is 34.1. The number of aromatic nitrogens is 4. The summed E-state index contributed by atoms with van der Waals surface area (Å²) in [5.74, 6) is -3.77. The maximum Gasteiger partial charge on any atom is 0.310 e. The number of esters is 2. The molecule has 4 aromatic rings. The molecule has 0 saturated heterocycles. The van der Waals surface area contributed by atoms with Crippen molar-refractivity contribution in [3.05, 3.63) is 70.2 Å². The summed E-state index contributed by atoms with van der Waals surface area (Å²) >= 11 is 12.5. The van der Waals surface area contributed by atoms with Crippen LogP contribution in [0.15, 0.2) is 58.6 Å². The number of carbonyl (C=O) groups is 4. The molecular formula is C54H72Cl2N6O16S4. The lowest BCUT2D eigenvalue weighted by Gasteiger charge is -2.36. The normalized spacial score (nSPS) is 18.4. The van der Waals surface area contributed by atoms with Crippen molar-refractivity contribution < 1.29 is 71.8 Å². The number of aryl methyl sites for hydroxylation is 2. The van der Waals surface area contributed by atoms with E-state index in [0.717, 1.165) is 8.61 Å². The highest BCUT2D eigenvalue weighted by Gasteiger charge is 2.43. The lowest BCUT2D eigenvalue weighted by atomic mass is 9.98. The van der Waals surface area contributed by atoms with Crippen LogP contribution in [0.4, 0.5) is 11.4 Å². The zero-order valence-electron chi connectivity index (χ0n) is 47.6. The van der Waals surface area contributed by atoms with Crippen LogP contribution in [0.3, 0.4) is 0 Å². The maximum absolute atomic E-state index is 14.0. The van der Waals surface area contributed by atoms with E-state index < -0.39 is 120 Å². The number of fused-ring (bicyclic) bond motifs is 2. The van der Waals surface area contributed by atoms with Gasteiger partial charge in [-0.25, -0.2) is 33.7 Å². The van der Waals surface area contributed by atoms with Crippen molar-refractivity contribution in [3.63, 3.8) is 0 Å². The van der Waals surface area contributed by atoms with Crippen molar-refractivity contribution in [2.75, 3.05) is 33.2 Å². The van der Waals surface area contributed by atoms with Crippen LogP contribution in [0.2, 0.25) is 10.3 Å². The zero-order chi connectivity index (χ0) is 60.7. The van der Waals surface area contributed by atoms with Crippen LogP contribution < -0.4 is 18.1 Å². The van der Waals surface area contributed by atoms with Crippen LogP contribution in [-0.2, 0) is 94.3 Å². The Morgan fingerprint density at radius 2 is 0.939 bits per heavy atom. The molecule has 82 heavy (non-hydrogen) atoms. The van der Waals surface area contributed by atoms with E-state index in [0.29, 0.717) is 49.9 Å². The Labute approximate surface area is 490 Å². The monoisotopic (exact) mass is 1260 g/mol. The standard InChI is InChI=1S/2C27H36ClN3O8S2/c2*1-6-30-15-24(26(28)29-30)41(36,37)31-14-19(11-17(2)22(32)16-40(34,35)20-8-9-20)38-23-10-7-18(12-21(23)31)13-25(33)39-27(3,4)5/h2*7,10,12,15,17,19-20H,6,8-9,11,13-14,16H2,1-5H3/t17-,19+;17-,19-/m10/s1. The third kappa shape index (κ3) is 16.1. The number of nitrogens with zero attached hydrogens (tertiary/aromatic N) is 6. The van der Waals surface area contributed by atoms with Gasteiger partial charge in [0.2, 0.25) is 0 Å². The fourth-order valence-corrected chi connectivity index (χ4v) is 16.7. The predicted octanol–water partition coefficient (Wildman–Crippen LogP) is 7.14. The lowest BCUT2D eigenvalue weighted by molar-refractivity contribution is -0.155. The number of sulfonamides is 2. The van der Waals surface area contributed by atoms with Gasteiger partial charge in [0.25, 0.3) is 20.0 Å². The number of rotatable bonds is 22. The van der Waals surface area contributed by atoms with Crippen LogP contribution in [-0.4, -0.2) is 135 Å². The van der Waals surface area contributed by atoms with E-state index in [4.69, 9.17) is 42.1 Å². The number of Topliss-reactive ketones (excluding diaryl/α,β-unsaturated/α-hetero) is 2. The molecule has 4 atom stereocenters. The van der Waals surface area contributed by atoms with Crippen molar-refractivity contribution in [1.29, 1.82) is 0 Å². The molecule has 452 valence electrons. The van der Waals surface area contributed by atoms with Crippen molar-refractivity contribution in [1.82, 2.24) is 19.6 Å². The second-order valence-corrected chi connectivity index (χ2v) is 32.1. The largest absolute Gasteiger partial charge is 0.486 e. The second kappa shape index (κ2) is 24.7. The number of carbonyl (C=O) groups excluding carboxylic acids is 4. The fourth-order valence-electron chi connectivity index (χ4n) is 9.21. The molecule has 2 aromatic carbocycles. The Kier molecular flexibility index (Phi) is 19.4. The quantitative estimate of drug-likeness (QED) is 0.0707. The first-order chi connectivity index (χ1) is 38.0. The third-order valence-electron chi connectivity index (χ3n) is 13.7. The molecule has 0 spiro atoms. The van der Waals surface area contributed by atoms with Gasteiger partial charge in [-0.2, -0.15) is 10.2 Å². The van der Waals surface area contributed by atoms with Gasteiger partial charge in [-0.05, 0) is 129 Å². The molecule has 2 saturated carbocycles. The number of sulfone groups is 2.